The van der Waals surface area contributed by atoms with Gasteiger partial charge in [-0.2, -0.15) is 0 Å². The summed E-state index contributed by atoms with van der Waals surface area (Å²) in [5, 5.41) is 6.07. The van der Waals surface area contributed by atoms with Crippen LogP contribution in [0.1, 0.15) is 5.56 Å². The molecule has 2 amide bonds. The van der Waals surface area contributed by atoms with Crippen molar-refractivity contribution in [1.29, 1.82) is 0 Å². The number of aromatic nitrogens is 1. The molecular weight excluding hydrogens is 306 g/mol. The first-order valence-electron chi connectivity index (χ1n) is 7.43. The van der Waals surface area contributed by atoms with Gasteiger partial charge in [-0.05, 0) is 35.9 Å². The van der Waals surface area contributed by atoms with Gasteiger partial charge in [-0.3, -0.25) is 9.59 Å². The van der Waals surface area contributed by atoms with Crippen molar-refractivity contribution < 1.29 is 14.3 Å². The monoisotopic (exact) mass is 323 g/mol. The van der Waals surface area contributed by atoms with Crippen molar-refractivity contribution in [3.63, 3.8) is 0 Å². The molecule has 122 valence electrons. The van der Waals surface area contributed by atoms with Gasteiger partial charge in [0.25, 0.3) is 0 Å². The summed E-state index contributed by atoms with van der Waals surface area (Å²) in [7, 11) is 1.60. The molecule has 0 atom stereocenters. The standard InChI is InChI=1S/C18H17N3O3/c1-24-11-12-4-2-5-13(10-12)20-17(22)18(23)21-16-7-3-6-15-14(16)8-9-19-15/h2-10,19H,11H2,1H3,(H,20,22)(H,21,23). The normalized spacial score (nSPS) is 10.5. The van der Waals surface area contributed by atoms with Crippen LogP contribution in [0.5, 0.6) is 0 Å². The van der Waals surface area contributed by atoms with Crippen LogP contribution in [0, 0.1) is 0 Å². The molecule has 6 heteroatoms. The second-order valence-corrected chi connectivity index (χ2v) is 5.29. The van der Waals surface area contributed by atoms with E-state index in [0.717, 1.165) is 16.5 Å². The molecule has 0 radical (unpaired) electrons. The van der Waals surface area contributed by atoms with Crippen molar-refractivity contribution in [3.05, 3.63) is 60.3 Å². The Morgan fingerprint density at radius 2 is 1.83 bits per heavy atom. The fraction of sp³-hybridized carbons (Fsp3) is 0.111. The van der Waals surface area contributed by atoms with Crippen LogP contribution in [-0.4, -0.2) is 23.9 Å². The molecule has 0 unspecified atom stereocenters. The van der Waals surface area contributed by atoms with E-state index in [1.165, 1.54) is 0 Å². The molecule has 3 rings (SSSR count). The summed E-state index contributed by atoms with van der Waals surface area (Å²) in [5.41, 5.74) is 2.93. The Bertz CT molecular complexity index is 886. The van der Waals surface area contributed by atoms with Crippen LogP contribution >= 0.6 is 0 Å². The number of aromatic amines is 1. The highest BCUT2D eigenvalue weighted by atomic mass is 16.5. The van der Waals surface area contributed by atoms with Crippen molar-refractivity contribution in [3.8, 4) is 0 Å². The van der Waals surface area contributed by atoms with E-state index in [1.807, 2.05) is 18.2 Å². The van der Waals surface area contributed by atoms with E-state index in [1.54, 1.807) is 43.6 Å². The third kappa shape index (κ3) is 3.44. The van der Waals surface area contributed by atoms with E-state index in [-0.39, 0.29) is 0 Å². The van der Waals surface area contributed by atoms with Gasteiger partial charge in [0.1, 0.15) is 0 Å². The molecule has 0 aliphatic carbocycles. The van der Waals surface area contributed by atoms with Crippen molar-refractivity contribution in [2.75, 3.05) is 17.7 Å². The SMILES string of the molecule is COCc1cccc(NC(=O)C(=O)Nc2cccc3[nH]ccc23)c1. The molecule has 6 nitrogen and oxygen atoms in total. The van der Waals surface area contributed by atoms with Crippen molar-refractivity contribution in [1.82, 2.24) is 4.98 Å². The summed E-state index contributed by atoms with van der Waals surface area (Å²) in [6, 6.07) is 14.5. The third-order valence-electron chi connectivity index (χ3n) is 3.55. The van der Waals surface area contributed by atoms with E-state index in [2.05, 4.69) is 15.6 Å². The minimum absolute atomic E-state index is 0.436. The molecule has 24 heavy (non-hydrogen) atoms. The molecule has 0 aliphatic rings. The van der Waals surface area contributed by atoms with E-state index >= 15 is 0 Å². The van der Waals surface area contributed by atoms with Crippen LogP contribution in [0.25, 0.3) is 10.9 Å². The van der Waals surface area contributed by atoms with Gasteiger partial charge in [0.2, 0.25) is 0 Å². The molecular formula is C18H17N3O3. The third-order valence-corrected chi connectivity index (χ3v) is 3.55. The highest BCUT2D eigenvalue weighted by molar-refractivity contribution is 6.44. The van der Waals surface area contributed by atoms with Crippen molar-refractivity contribution in [2.24, 2.45) is 0 Å². The Morgan fingerprint density at radius 1 is 1.04 bits per heavy atom. The van der Waals surface area contributed by atoms with E-state index < -0.39 is 11.8 Å². The lowest BCUT2D eigenvalue weighted by Crippen LogP contribution is -2.29. The maximum Gasteiger partial charge on any atom is 0.314 e. The fourth-order valence-corrected chi connectivity index (χ4v) is 2.47. The molecule has 0 fully saturated rings. The molecule has 0 spiro atoms. The highest BCUT2D eigenvalue weighted by Gasteiger charge is 2.15. The van der Waals surface area contributed by atoms with Crippen LogP contribution in [0.4, 0.5) is 11.4 Å². The zero-order valence-electron chi connectivity index (χ0n) is 13.1. The van der Waals surface area contributed by atoms with Gasteiger partial charge in [0.15, 0.2) is 0 Å². The summed E-state index contributed by atoms with van der Waals surface area (Å²) in [4.78, 5) is 27.3. The van der Waals surface area contributed by atoms with E-state index in [9.17, 15) is 9.59 Å². The Balaban J connectivity index is 1.70. The molecule has 1 heterocycles. The minimum atomic E-state index is -0.725. The molecule has 3 aromatic rings. The molecule has 1 aromatic heterocycles. The van der Waals surface area contributed by atoms with Crippen LogP contribution < -0.4 is 10.6 Å². The predicted molar refractivity (Wildman–Crippen MR) is 92.7 cm³/mol. The Hall–Kier alpha value is -3.12. The number of benzene rings is 2. The maximum absolute atomic E-state index is 12.1. The van der Waals surface area contributed by atoms with Gasteiger partial charge in [-0.1, -0.05) is 18.2 Å². The molecule has 0 saturated carbocycles. The van der Waals surface area contributed by atoms with Crippen LogP contribution in [-0.2, 0) is 20.9 Å². The van der Waals surface area contributed by atoms with E-state index in [4.69, 9.17) is 4.74 Å². The number of anilines is 2. The summed E-state index contributed by atoms with van der Waals surface area (Å²) in [5.74, 6) is -1.45. The number of amides is 2. The van der Waals surface area contributed by atoms with Gasteiger partial charge in [0, 0.05) is 29.9 Å². The highest BCUT2D eigenvalue weighted by Crippen LogP contribution is 2.22. The molecule has 0 bridgehead atoms. The number of carbonyl (C=O) groups excluding carboxylic acids is 2. The lowest BCUT2D eigenvalue weighted by molar-refractivity contribution is -0.132. The van der Waals surface area contributed by atoms with Gasteiger partial charge in [-0.15, -0.1) is 0 Å². The van der Waals surface area contributed by atoms with E-state index in [0.29, 0.717) is 18.0 Å². The number of H-pyrrole nitrogens is 1. The smallest absolute Gasteiger partial charge is 0.314 e. The zero-order chi connectivity index (χ0) is 16.9. The molecule has 0 saturated heterocycles. The number of carbonyl (C=O) groups is 2. The molecule has 3 N–H and O–H groups in total. The largest absolute Gasteiger partial charge is 0.380 e. The topological polar surface area (TPSA) is 83.2 Å². The number of rotatable bonds is 4. The Kier molecular flexibility index (Phi) is 4.58. The first-order valence-corrected chi connectivity index (χ1v) is 7.43. The number of fused-ring (bicyclic) bond motifs is 1. The van der Waals surface area contributed by atoms with Crippen molar-refractivity contribution in [2.45, 2.75) is 6.61 Å². The summed E-state index contributed by atoms with van der Waals surface area (Å²) < 4.78 is 5.05. The minimum Gasteiger partial charge on any atom is -0.380 e. The zero-order valence-corrected chi connectivity index (χ0v) is 13.1. The first kappa shape index (κ1) is 15.8. The second-order valence-electron chi connectivity index (χ2n) is 5.29. The number of ether oxygens (including phenoxy) is 1. The molecule has 2 aromatic carbocycles. The van der Waals surface area contributed by atoms with Gasteiger partial charge >= 0.3 is 11.8 Å². The molecule has 0 aliphatic heterocycles. The van der Waals surface area contributed by atoms with Gasteiger partial charge in [-0.25, -0.2) is 0 Å². The summed E-state index contributed by atoms with van der Waals surface area (Å²) >= 11 is 0. The van der Waals surface area contributed by atoms with Gasteiger partial charge < -0.3 is 20.4 Å². The quantitative estimate of drug-likeness (QED) is 0.646. The number of methoxy groups -OCH3 is 1. The number of hydrogen-bond acceptors (Lipinski definition) is 3. The number of nitrogens with one attached hydrogen (secondary N) is 3. The van der Waals surface area contributed by atoms with Crippen molar-refractivity contribution >= 4 is 34.1 Å². The lowest BCUT2D eigenvalue weighted by Gasteiger charge is -2.08. The Labute approximate surface area is 138 Å². The van der Waals surface area contributed by atoms with Crippen LogP contribution in [0.15, 0.2) is 54.7 Å². The van der Waals surface area contributed by atoms with Gasteiger partial charge in [0.05, 0.1) is 12.3 Å². The van der Waals surface area contributed by atoms with Crippen LogP contribution in [0.2, 0.25) is 0 Å². The summed E-state index contributed by atoms with van der Waals surface area (Å²) in [6.07, 6.45) is 1.78. The van der Waals surface area contributed by atoms with Crippen LogP contribution in [0.3, 0.4) is 0 Å². The maximum atomic E-state index is 12.1. The Morgan fingerprint density at radius 3 is 2.67 bits per heavy atom. The number of hydrogen-bond donors (Lipinski definition) is 3. The average molecular weight is 323 g/mol. The second kappa shape index (κ2) is 6.97. The fourth-order valence-electron chi connectivity index (χ4n) is 2.47. The lowest BCUT2D eigenvalue weighted by atomic mass is 10.2. The average Bonchev–Trinajstić information content (AvgIpc) is 3.05. The first-order chi connectivity index (χ1) is 11.7. The summed E-state index contributed by atoms with van der Waals surface area (Å²) in [6.45, 7) is 0.436. The predicted octanol–water partition coefficient (Wildman–Crippen LogP) is 2.89.